The van der Waals surface area contributed by atoms with Gasteiger partial charge >= 0.3 is 0 Å². The summed E-state index contributed by atoms with van der Waals surface area (Å²) >= 11 is 4.39. The van der Waals surface area contributed by atoms with Crippen molar-refractivity contribution in [1.82, 2.24) is 10.3 Å². The van der Waals surface area contributed by atoms with E-state index in [0.717, 1.165) is 25.1 Å². The maximum Gasteiger partial charge on any atom is 0.0912 e. The predicted molar refractivity (Wildman–Crippen MR) is 82.2 cm³/mol. The summed E-state index contributed by atoms with van der Waals surface area (Å²) < 4.78 is 5.81. The van der Waals surface area contributed by atoms with Gasteiger partial charge in [-0.15, -0.1) is 0 Å². The van der Waals surface area contributed by atoms with E-state index in [1.54, 1.807) is 0 Å². The van der Waals surface area contributed by atoms with E-state index in [1.165, 1.54) is 16.7 Å². The average Bonchev–Trinajstić information content (AvgIpc) is 2.45. The van der Waals surface area contributed by atoms with Crippen molar-refractivity contribution in [2.45, 2.75) is 19.4 Å². The fourth-order valence-corrected chi connectivity index (χ4v) is 2.73. The number of likely N-dealkylation sites (N-methyl/N-ethyl adjacent to an activating group) is 1. The Kier molecular flexibility index (Phi) is 5.19. The third kappa shape index (κ3) is 3.26. The number of rotatable bonds is 4. The van der Waals surface area contributed by atoms with Crippen LogP contribution in [0.1, 0.15) is 18.9 Å². The number of nitrogens with one attached hydrogen (secondary N) is 1. The lowest BCUT2D eigenvalue weighted by Gasteiger charge is -2.28. The number of nitrogens with zero attached hydrogens (tertiary/aromatic N) is 1. The van der Waals surface area contributed by atoms with Crippen molar-refractivity contribution in [2.24, 2.45) is 0 Å². The molecule has 3 nitrogen and oxygen atoms in total. The molecule has 2 heterocycles. The topological polar surface area (TPSA) is 34.1 Å². The Bertz CT molecular complexity index is 482. The summed E-state index contributed by atoms with van der Waals surface area (Å²) in [6.45, 7) is 3.75. The molecule has 0 fully saturated rings. The van der Waals surface area contributed by atoms with Gasteiger partial charge in [0.25, 0.3) is 0 Å². The minimum Gasteiger partial charge on any atom is -0.372 e. The Morgan fingerprint density at radius 1 is 1.53 bits per heavy atom. The molecule has 102 valence electrons. The van der Waals surface area contributed by atoms with Gasteiger partial charge < -0.3 is 10.1 Å². The Labute approximate surface area is 120 Å². The molecule has 2 rings (SSSR count). The van der Waals surface area contributed by atoms with E-state index in [-0.39, 0.29) is 6.10 Å². The predicted octanol–water partition coefficient (Wildman–Crippen LogP) is 2.68. The van der Waals surface area contributed by atoms with Crippen LogP contribution < -0.4 is 5.32 Å². The minimum atomic E-state index is 0.152. The molecular formula is C15H20N2OS. The van der Waals surface area contributed by atoms with Crippen LogP contribution >= 0.6 is 12.6 Å². The Morgan fingerprint density at radius 2 is 2.26 bits per heavy atom. The lowest BCUT2D eigenvalue weighted by atomic mass is 9.90. The lowest BCUT2D eigenvalue weighted by Crippen LogP contribution is -2.31. The lowest BCUT2D eigenvalue weighted by molar-refractivity contribution is 0.0700. The van der Waals surface area contributed by atoms with E-state index in [9.17, 15) is 0 Å². The van der Waals surface area contributed by atoms with Crippen LogP contribution in [0.25, 0.3) is 5.57 Å². The summed E-state index contributed by atoms with van der Waals surface area (Å²) in [4.78, 5) is 4.07. The molecule has 1 unspecified atom stereocenters. The molecule has 0 aliphatic carbocycles. The molecule has 1 N–H and O–H groups in total. The SMILES string of the molecule is CNCC1OCCC(/C(=C\S)c2ccncc2)=C1C. The van der Waals surface area contributed by atoms with Crippen LogP contribution in [-0.2, 0) is 4.74 Å². The molecule has 1 aliphatic rings. The highest BCUT2D eigenvalue weighted by molar-refractivity contribution is 7.83. The third-order valence-corrected chi connectivity index (χ3v) is 3.72. The van der Waals surface area contributed by atoms with Crippen molar-refractivity contribution in [3.05, 3.63) is 46.6 Å². The minimum absolute atomic E-state index is 0.152. The first-order valence-electron chi connectivity index (χ1n) is 6.49. The average molecular weight is 276 g/mol. The zero-order valence-electron chi connectivity index (χ0n) is 11.4. The van der Waals surface area contributed by atoms with Gasteiger partial charge in [0.05, 0.1) is 12.7 Å². The van der Waals surface area contributed by atoms with Crippen LogP contribution in [0.15, 0.2) is 41.1 Å². The molecule has 19 heavy (non-hydrogen) atoms. The van der Waals surface area contributed by atoms with Crippen LogP contribution in [0.2, 0.25) is 0 Å². The summed E-state index contributed by atoms with van der Waals surface area (Å²) in [6.07, 6.45) is 4.71. The summed E-state index contributed by atoms with van der Waals surface area (Å²) in [5.74, 6) is 0. The molecule has 1 aromatic rings. The Hall–Kier alpha value is -1.10. The number of aromatic nitrogens is 1. The second-order valence-electron chi connectivity index (χ2n) is 4.61. The smallest absolute Gasteiger partial charge is 0.0912 e. The van der Waals surface area contributed by atoms with Crippen LogP contribution in [0.4, 0.5) is 0 Å². The van der Waals surface area contributed by atoms with Crippen molar-refractivity contribution in [3.63, 3.8) is 0 Å². The summed E-state index contributed by atoms with van der Waals surface area (Å²) in [5, 5.41) is 5.06. The largest absolute Gasteiger partial charge is 0.372 e. The van der Waals surface area contributed by atoms with E-state index in [1.807, 2.05) is 37.0 Å². The quantitative estimate of drug-likeness (QED) is 0.830. The fraction of sp³-hybridized carbons (Fsp3) is 0.400. The van der Waals surface area contributed by atoms with Crippen molar-refractivity contribution in [1.29, 1.82) is 0 Å². The van der Waals surface area contributed by atoms with Crippen molar-refractivity contribution in [2.75, 3.05) is 20.2 Å². The van der Waals surface area contributed by atoms with Crippen molar-refractivity contribution < 1.29 is 4.74 Å². The van der Waals surface area contributed by atoms with E-state index in [0.29, 0.717) is 0 Å². The first-order chi connectivity index (χ1) is 9.27. The molecule has 0 saturated heterocycles. The molecule has 4 heteroatoms. The van der Waals surface area contributed by atoms with E-state index >= 15 is 0 Å². The van der Waals surface area contributed by atoms with Crippen LogP contribution in [0.5, 0.6) is 0 Å². The standard InChI is InChI=1S/C15H20N2OS/c1-11-13(5-8-18-15(11)9-16-2)14(10-19)12-3-6-17-7-4-12/h3-4,6-7,10,15-16,19H,5,8-9H2,1-2H3/b14-10-. The molecule has 0 saturated carbocycles. The molecule has 0 bridgehead atoms. The third-order valence-electron chi connectivity index (χ3n) is 3.47. The summed E-state index contributed by atoms with van der Waals surface area (Å²) in [7, 11) is 1.95. The van der Waals surface area contributed by atoms with E-state index in [4.69, 9.17) is 4.74 Å². The van der Waals surface area contributed by atoms with Gasteiger partial charge in [-0.2, -0.15) is 12.6 Å². The first-order valence-corrected chi connectivity index (χ1v) is 7.00. The van der Waals surface area contributed by atoms with Crippen LogP contribution in [0.3, 0.4) is 0 Å². The molecule has 1 aromatic heterocycles. The van der Waals surface area contributed by atoms with Gasteiger partial charge in [-0.05, 0) is 60.2 Å². The van der Waals surface area contributed by atoms with Crippen molar-refractivity contribution >= 4 is 18.2 Å². The van der Waals surface area contributed by atoms with Gasteiger partial charge in [0, 0.05) is 18.9 Å². The number of hydrogen-bond acceptors (Lipinski definition) is 4. The number of allylic oxidation sites excluding steroid dienone is 1. The van der Waals surface area contributed by atoms with Gasteiger partial charge in [-0.3, -0.25) is 4.98 Å². The first kappa shape index (κ1) is 14.3. The highest BCUT2D eigenvalue weighted by atomic mass is 32.1. The normalized spacial score (nSPS) is 20.8. The fourth-order valence-electron chi connectivity index (χ4n) is 2.42. The van der Waals surface area contributed by atoms with Gasteiger partial charge in [-0.25, -0.2) is 0 Å². The highest BCUT2D eigenvalue weighted by Crippen LogP contribution is 2.33. The highest BCUT2D eigenvalue weighted by Gasteiger charge is 2.22. The van der Waals surface area contributed by atoms with Crippen molar-refractivity contribution in [3.8, 4) is 0 Å². The Morgan fingerprint density at radius 3 is 2.89 bits per heavy atom. The van der Waals surface area contributed by atoms with E-state index < -0.39 is 0 Å². The summed E-state index contributed by atoms with van der Waals surface area (Å²) in [5.41, 5.74) is 4.96. The monoisotopic (exact) mass is 276 g/mol. The zero-order chi connectivity index (χ0) is 13.7. The molecule has 0 spiro atoms. The molecule has 0 amide bonds. The number of hydrogen-bond donors (Lipinski definition) is 2. The van der Waals surface area contributed by atoms with Gasteiger partial charge in [-0.1, -0.05) is 0 Å². The maximum absolute atomic E-state index is 5.81. The second-order valence-corrected chi connectivity index (χ2v) is 4.87. The number of thiol groups is 1. The molecule has 1 aliphatic heterocycles. The maximum atomic E-state index is 5.81. The molecular weight excluding hydrogens is 256 g/mol. The molecule has 1 atom stereocenters. The second kappa shape index (κ2) is 6.89. The zero-order valence-corrected chi connectivity index (χ0v) is 12.3. The molecule has 0 radical (unpaired) electrons. The van der Waals surface area contributed by atoms with Gasteiger partial charge in [0.1, 0.15) is 0 Å². The number of ether oxygens (including phenoxy) is 1. The van der Waals surface area contributed by atoms with Crippen LogP contribution in [-0.4, -0.2) is 31.3 Å². The molecule has 0 aromatic carbocycles. The van der Waals surface area contributed by atoms with Gasteiger partial charge in [0.2, 0.25) is 0 Å². The van der Waals surface area contributed by atoms with Crippen LogP contribution in [0, 0.1) is 0 Å². The summed E-state index contributed by atoms with van der Waals surface area (Å²) in [6, 6.07) is 4.04. The van der Waals surface area contributed by atoms with E-state index in [2.05, 4.69) is 29.9 Å². The Balaban J connectivity index is 2.35. The number of pyridine rings is 1. The van der Waals surface area contributed by atoms with Gasteiger partial charge in [0.15, 0.2) is 0 Å².